The van der Waals surface area contributed by atoms with Crippen LogP contribution in [0.4, 0.5) is 0 Å². The van der Waals surface area contributed by atoms with Crippen molar-refractivity contribution in [3.8, 4) is 0 Å². The van der Waals surface area contributed by atoms with Crippen molar-refractivity contribution in [3.63, 3.8) is 0 Å². The van der Waals surface area contributed by atoms with E-state index in [4.69, 9.17) is 10.5 Å². The third kappa shape index (κ3) is 2.81. The number of aliphatic hydroxyl groups is 1. The fourth-order valence-electron chi connectivity index (χ4n) is 1.18. The molecule has 3 N–H and O–H groups in total. The highest BCUT2D eigenvalue weighted by Crippen LogP contribution is 2.14. The molecule has 1 unspecified atom stereocenters. The number of nitrogens with two attached hydrogens (primary N) is 1. The number of aliphatic hydroxyl groups excluding tert-OH is 1. The van der Waals surface area contributed by atoms with Crippen LogP contribution in [-0.2, 0) is 4.74 Å². The Morgan fingerprint density at radius 2 is 2.00 bits per heavy atom. The van der Waals surface area contributed by atoms with E-state index in [0.717, 1.165) is 5.56 Å². The summed E-state index contributed by atoms with van der Waals surface area (Å²) in [5, 5.41) is 9.72. The van der Waals surface area contributed by atoms with Gasteiger partial charge in [0.2, 0.25) is 0 Å². The monoisotopic (exact) mass is 181 g/mol. The molecule has 13 heavy (non-hydrogen) atoms. The minimum Gasteiger partial charge on any atom is -0.387 e. The minimum absolute atomic E-state index is 0.357. The lowest BCUT2D eigenvalue weighted by atomic mass is 10.0. The van der Waals surface area contributed by atoms with E-state index in [1.807, 2.05) is 30.3 Å². The standard InChI is InChI=1S/C10H15NO2/c1-13-7-9(11)10(12)8-5-3-2-4-6-8/h2-6,9-10,12H,7,11H2,1H3/t9?,10-/m0/s1. The Kier molecular flexibility index (Phi) is 3.89. The zero-order valence-electron chi connectivity index (χ0n) is 7.68. The molecule has 1 aromatic rings. The Labute approximate surface area is 78.1 Å². The van der Waals surface area contributed by atoms with Crippen molar-refractivity contribution in [1.82, 2.24) is 0 Å². The summed E-state index contributed by atoms with van der Waals surface area (Å²) in [5.41, 5.74) is 6.51. The second-order valence-corrected chi connectivity index (χ2v) is 2.97. The molecule has 0 aliphatic carbocycles. The van der Waals surface area contributed by atoms with E-state index in [1.54, 1.807) is 7.11 Å². The first-order valence-electron chi connectivity index (χ1n) is 4.23. The van der Waals surface area contributed by atoms with Crippen molar-refractivity contribution in [2.24, 2.45) is 5.73 Å². The fraction of sp³-hybridized carbons (Fsp3) is 0.400. The topological polar surface area (TPSA) is 55.5 Å². The van der Waals surface area contributed by atoms with Crippen molar-refractivity contribution < 1.29 is 9.84 Å². The Hall–Kier alpha value is -0.900. The summed E-state index contributed by atoms with van der Waals surface area (Å²) in [6.07, 6.45) is -0.652. The molecule has 0 aliphatic rings. The molecule has 0 saturated heterocycles. The summed E-state index contributed by atoms with van der Waals surface area (Å²) < 4.78 is 4.86. The molecule has 2 atom stereocenters. The molecule has 0 bridgehead atoms. The summed E-state index contributed by atoms with van der Waals surface area (Å²) >= 11 is 0. The molecule has 0 fully saturated rings. The smallest absolute Gasteiger partial charge is 0.0963 e. The highest BCUT2D eigenvalue weighted by Gasteiger charge is 2.15. The van der Waals surface area contributed by atoms with Gasteiger partial charge in [0.15, 0.2) is 0 Å². The lowest BCUT2D eigenvalue weighted by Gasteiger charge is -2.17. The van der Waals surface area contributed by atoms with E-state index in [1.165, 1.54) is 0 Å². The van der Waals surface area contributed by atoms with Crippen molar-refractivity contribution in [2.45, 2.75) is 12.1 Å². The van der Waals surface area contributed by atoms with E-state index in [9.17, 15) is 5.11 Å². The van der Waals surface area contributed by atoms with Gasteiger partial charge in [-0.15, -0.1) is 0 Å². The van der Waals surface area contributed by atoms with Crippen LogP contribution >= 0.6 is 0 Å². The predicted octanol–water partition coefficient (Wildman–Crippen LogP) is 0.694. The molecule has 1 rings (SSSR count). The maximum atomic E-state index is 9.72. The van der Waals surface area contributed by atoms with Crippen LogP contribution < -0.4 is 5.73 Å². The molecule has 0 radical (unpaired) electrons. The molecule has 0 saturated carbocycles. The first-order chi connectivity index (χ1) is 6.25. The Balaban J connectivity index is 2.62. The van der Waals surface area contributed by atoms with Gasteiger partial charge in [-0.3, -0.25) is 0 Å². The lowest BCUT2D eigenvalue weighted by Crippen LogP contribution is -2.32. The third-order valence-electron chi connectivity index (χ3n) is 1.91. The van der Waals surface area contributed by atoms with Crippen LogP contribution in [0, 0.1) is 0 Å². The van der Waals surface area contributed by atoms with Gasteiger partial charge in [0.25, 0.3) is 0 Å². The number of hydrogen-bond acceptors (Lipinski definition) is 3. The summed E-state index contributed by atoms with van der Waals surface area (Å²) in [5.74, 6) is 0. The average molecular weight is 181 g/mol. The van der Waals surface area contributed by atoms with Gasteiger partial charge in [-0.1, -0.05) is 30.3 Å². The summed E-state index contributed by atoms with van der Waals surface area (Å²) in [7, 11) is 1.57. The van der Waals surface area contributed by atoms with Gasteiger partial charge in [-0.2, -0.15) is 0 Å². The van der Waals surface area contributed by atoms with Gasteiger partial charge < -0.3 is 15.6 Å². The van der Waals surface area contributed by atoms with Crippen LogP contribution in [-0.4, -0.2) is 24.9 Å². The van der Waals surface area contributed by atoms with Crippen molar-refractivity contribution in [1.29, 1.82) is 0 Å². The third-order valence-corrected chi connectivity index (χ3v) is 1.91. The number of hydrogen-bond donors (Lipinski definition) is 2. The normalized spacial score (nSPS) is 15.3. The molecule has 3 heteroatoms. The number of rotatable bonds is 4. The quantitative estimate of drug-likeness (QED) is 0.718. The molecule has 0 amide bonds. The van der Waals surface area contributed by atoms with Crippen molar-refractivity contribution in [3.05, 3.63) is 35.9 Å². The van der Waals surface area contributed by atoms with Gasteiger partial charge >= 0.3 is 0 Å². The molecule has 0 aromatic heterocycles. The molecule has 3 nitrogen and oxygen atoms in total. The molecule has 0 spiro atoms. The summed E-state index contributed by atoms with van der Waals surface area (Å²) in [6, 6.07) is 8.97. The van der Waals surface area contributed by atoms with Gasteiger partial charge in [-0.05, 0) is 5.56 Å². The molecular formula is C10H15NO2. The second-order valence-electron chi connectivity index (χ2n) is 2.97. The molecular weight excluding hydrogens is 166 g/mol. The van der Waals surface area contributed by atoms with E-state index in [2.05, 4.69) is 0 Å². The highest BCUT2D eigenvalue weighted by atomic mass is 16.5. The van der Waals surface area contributed by atoms with E-state index in [-0.39, 0.29) is 6.04 Å². The predicted molar refractivity (Wildman–Crippen MR) is 51.3 cm³/mol. The Morgan fingerprint density at radius 3 is 2.54 bits per heavy atom. The zero-order chi connectivity index (χ0) is 9.68. The first kappa shape index (κ1) is 10.2. The zero-order valence-corrected chi connectivity index (χ0v) is 7.68. The summed E-state index contributed by atoms with van der Waals surface area (Å²) in [4.78, 5) is 0. The lowest BCUT2D eigenvalue weighted by molar-refractivity contribution is 0.0873. The SMILES string of the molecule is COCC(N)[C@@H](O)c1ccccc1. The second kappa shape index (κ2) is 4.97. The molecule has 0 aliphatic heterocycles. The van der Waals surface area contributed by atoms with Crippen molar-refractivity contribution in [2.75, 3.05) is 13.7 Å². The molecule has 1 aromatic carbocycles. The highest BCUT2D eigenvalue weighted by molar-refractivity contribution is 5.18. The van der Waals surface area contributed by atoms with Gasteiger partial charge in [0.1, 0.15) is 0 Å². The van der Waals surface area contributed by atoms with Crippen molar-refractivity contribution >= 4 is 0 Å². The van der Waals surface area contributed by atoms with Crippen LogP contribution in [0.1, 0.15) is 11.7 Å². The molecule has 72 valence electrons. The maximum Gasteiger partial charge on any atom is 0.0963 e. The summed E-state index contributed by atoms with van der Waals surface area (Å²) in [6.45, 7) is 0.357. The van der Waals surface area contributed by atoms with Crippen LogP contribution in [0.25, 0.3) is 0 Å². The average Bonchev–Trinajstić information content (AvgIpc) is 2.18. The van der Waals surface area contributed by atoms with E-state index in [0.29, 0.717) is 6.61 Å². The van der Waals surface area contributed by atoms with Gasteiger partial charge in [-0.25, -0.2) is 0 Å². The fourth-order valence-corrected chi connectivity index (χ4v) is 1.18. The van der Waals surface area contributed by atoms with Crippen LogP contribution in [0.2, 0.25) is 0 Å². The van der Waals surface area contributed by atoms with Crippen LogP contribution in [0.5, 0.6) is 0 Å². The first-order valence-corrected chi connectivity index (χ1v) is 4.23. The largest absolute Gasteiger partial charge is 0.387 e. The Bertz CT molecular complexity index is 238. The van der Waals surface area contributed by atoms with Crippen LogP contribution in [0.3, 0.4) is 0 Å². The van der Waals surface area contributed by atoms with Crippen LogP contribution in [0.15, 0.2) is 30.3 Å². The molecule has 0 heterocycles. The van der Waals surface area contributed by atoms with Gasteiger partial charge in [0.05, 0.1) is 18.8 Å². The number of methoxy groups -OCH3 is 1. The minimum atomic E-state index is -0.652. The van der Waals surface area contributed by atoms with E-state index >= 15 is 0 Å². The Morgan fingerprint density at radius 1 is 1.38 bits per heavy atom. The van der Waals surface area contributed by atoms with Gasteiger partial charge in [0, 0.05) is 7.11 Å². The number of ether oxygens (including phenoxy) is 1. The maximum absolute atomic E-state index is 9.72. The number of benzene rings is 1. The van der Waals surface area contributed by atoms with E-state index < -0.39 is 6.10 Å².